The van der Waals surface area contributed by atoms with Crippen LogP contribution in [0.3, 0.4) is 0 Å². The maximum Gasteiger partial charge on any atom is 0.233 e. The molecule has 1 amide bonds. The van der Waals surface area contributed by atoms with Crippen molar-refractivity contribution in [1.82, 2.24) is 29.6 Å². The van der Waals surface area contributed by atoms with Gasteiger partial charge in [0.05, 0.1) is 16.5 Å². The quantitative estimate of drug-likeness (QED) is 0.494. The molecule has 3 aromatic rings. The van der Waals surface area contributed by atoms with E-state index >= 15 is 0 Å². The molecule has 11 heteroatoms. The van der Waals surface area contributed by atoms with Gasteiger partial charge in [-0.1, -0.05) is 35.5 Å². The molecule has 4 heterocycles. The first-order valence-electron chi connectivity index (χ1n) is 11.1. The molecule has 2 aromatic heterocycles. The molecule has 0 radical (unpaired) electrons. The number of thioether (sulfide) groups is 1. The first kappa shape index (κ1) is 22.0. The Labute approximate surface area is 201 Å². The highest BCUT2D eigenvalue weighted by molar-refractivity contribution is 7.99. The number of hydrogen-bond donors (Lipinski definition) is 0. The minimum atomic E-state index is 0.0880. The zero-order valence-corrected chi connectivity index (χ0v) is 19.8. The topological polar surface area (TPSA) is 83.3 Å². The van der Waals surface area contributed by atoms with E-state index in [0.29, 0.717) is 35.0 Å². The fraction of sp³-hybridized carbons (Fsp3) is 0.409. The number of piperazine rings is 1. The van der Waals surface area contributed by atoms with Crippen molar-refractivity contribution in [3.8, 4) is 5.69 Å². The van der Waals surface area contributed by atoms with Gasteiger partial charge in [0.1, 0.15) is 0 Å². The normalized spacial score (nSPS) is 16.5. The van der Waals surface area contributed by atoms with Gasteiger partial charge in [0.2, 0.25) is 17.8 Å². The van der Waals surface area contributed by atoms with Crippen molar-refractivity contribution >= 4 is 41.2 Å². The van der Waals surface area contributed by atoms with Crippen LogP contribution in [-0.2, 0) is 4.79 Å². The number of benzene rings is 1. The average Bonchev–Trinajstić information content (AvgIpc) is 3.54. The lowest BCUT2D eigenvalue weighted by Gasteiger charge is -2.34. The van der Waals surface area contributed by atoms with Gasteiger partial charge in [0.15, 0.2) is 5.16 Å². The van der Waals surface area contributed by atoms with Crippen LogP contribution in [0, 0.1) is 0 Å². The van der Waals surface area contributed by atoms with Gasteiger partial charge in [0, 0.05) is 51.7 Å². The summed E-state index contributed by atoms with van der Waals surface area (Å²) in [5, 5.41) is 10.2. The molecule has 0 aliphatic carbocycles. The molecular formula is C22H25ClN8OS. The van der Waals surface area contributed by atoms with E-state index < -0.39 is 0 Å². The van der Waals surface area contributed by atoms with E-state index in [-0.39, 0.29) is 5.91 Å². The first-order valence-corrected chi connectivity index (χ1v) is 12.4. The number of hydrogen-bond acceptors (Lipinski definition) is 8. The van der Waals surface area contributed by atoms with Crippen molar-refractivity contribution in [3.05, 3.63) is 47.7 Å². The fourth-order valence-corrected chi connectivity index (χ4v) is 5.21. The summed E-state index contributed by atoms with van der Waals surface area (Å²) in [5.74, 6) is 1.88. The van der Waals surface area contributed by atoms with E-state index in [1.54, 1.807) is 18.5 Å². The van der Waals surface area contributed by atoms with Crippen LogP contribution in [0.1, 0.15) is 12.8 Å². The van der Waals surface area contributed by atoms with Crippen molar-refractivity contribution in [2.45, 2.75) is 18.0 Å². The highest BCUT2D eigenvalue weighted by atomic mass is 35.5. The Morgan fingerprint density at radius 1 is 0.909 bits per heavy atom. The van der Waals surface area contributed by atoms with Crippen LogP contribution in [0.15, 0.2) is 47.9 Å². The summed E-state index contributed by atoms with van der Waals surface area (Å²) in [6, 6.07) is 9.48. The number of anilines is 2. The van der Waals surface area contributed by atoms with Crippen LogP contribution >= 0.6 is 23.4 Å². The summed E-state index contributed by atoms with van der Waals surface area (Å²) in [6.45, 7) is 4.62. The molecule has 2 aliphatic heterocycles. The summed E-state index contributed by atoms with van der Waals surface area (Å²) in [6.07, 6.45) is 5.75. The van der Waals surface area contributed by atoms with Crippen LogP contribution in [0.5, 0.6) is 0 Å². The number of halogens is 1. The Bertz CT molecular complexity index is 1100. The predicted octanol–water partition coefficient (Wildman–Crippen LogP) is 2.75. The Kier molecular flexibility index (Phi) is 6.63. The second-order valence-corrected chi connectivity index (χ2v) is 9.32. The molecule has 0 bridgehead atoms. The van der Waals surface area contributed by atoms with Crippen LogP contribution < -0.4 is 9.80 Å². The molecule has 2 aliphatic rings. The van der Waals surface area contributed by atoms with Crippen molar-refractivity contribution in [3.63, 3.8) is 0 Å². The highest BCUT2D eigenvalue weighted by Crippen LogP contribution is 2.32. The van der Waals surface area contributed by atoms with Gasteiger partial charge in [-0.3, -0.25) is 9.36 Å². The third-order valence-corrected chi connectivity index (χ3v) is 7.12. The zero-order chi connectivity index (χ0) is 22.6. The number of carbonyl (C=O) groups excluding carboxylic acids is 1. The maximum absolute atomic E-state index is 13.0. The Morgan fingerprint density at radius 3 is 2.36 bits per heavy atom. The third kappa shape index (κ3) is 4.77. The standard InChI is InChI=1S/C22H25ClN8OS/c23-17-6-1-2-7-18(17)31-21(30-10-3-4-11-30)26-27-22(31)33-16-19(32)28-12-14-29(15-13-28)20-24-8-5-9-25-20/h1-2,5-9H,3-4,10-16H2. The second kappa shape index (κ2) is 9.96. The summed E-state index contributed by atoms with van der Waals surface area (Å²) in [7, 11) is 0. The summed E-state index contributed by atoms with van der Waals surface area (Å²) in [5.41, 5.74) is 0.831. The molecule has 0 N–H and O–H groups in total. The van der Waals surface area contributed by atoms with Crippen LogP contribution in [0.2, 0.25) is 5.02 Å². The minimum Gasteiger partial charge on any atom is -0.341 e. The summed E-state index contributed by atoms with van der Waals surface area (Å²) < 4.78 is 1.98. The lowest BCUT2D eigenvalue weighted by molar-refractivity contribution is -0.128. The number of rotatable bonds is 6. The fourth-order valence-electron chi connectivity index (χ4n) is 4.15. The molecule has 1 aromatic carbocycles. The minimum absolute atomic E-state index is 0.0880. The molecule has 0 spiro atoms. The highest BCUT2D eigenvalue weighted by Gasteiger charge is 2.26. The van der Waals surface area contributed by atoms with Gasteiger partial charge in [-0.15, -0.1) is 10.2 Å². The van der Waals surface area contributed by atoms with Crippen molar-refractivity contribution in [2.24, 2.45) is 0 Å². The molecule has 2 saturated heterocycles. The largest absolute Gasteiger partial charge is 0.341 e. The molecule has 2 fully saturated rings. The molecule has 0 saturated carbocycles. The first-order chi connectivity index (χ1) is 16.2. The maximum atomic E-state index is 13.0. The van der Waals surface area contributed by atoms with Crippen LogP contribution in [-0.4, -0.2) is 80.6 Å². The van der Waals surface area contributed by atoms with Crippen molar-refractivity contribution in [1.29, 1.82) is 0 Å². The van der Waals surface area contributed by atoms with E-state index in [1.807, 2.05) is 33.7 Å². The van der Waals surface area contributed by atoms with Crippen LogP contribution in [0.25, 0.3) is 5.69 Å². The second-order valence-electron chi connectivity index (χ2n) is 7.97. The van der Waals surface area contributed by atoms with Gasteiger partial charge in [0.25, 0.3) is 0 Å². The van der Waals surface area contributed by atoms with Crippen molar-refractivity contribution in [2.75, 3.05) is 54.8 Å². The predicted molar refractivity (Wildman–Crippen MR) is 129 cm³/mol. The summed E-state index contributed by atoms with van der Waals surface area (Å²) in [4.78, 5) is 27.8. The molecule has 5 rings (SSSR count). The zero-order valence-electron chi connectivity index (χ0n) is 18.2. The van der Waals surface area contributed by atoms with Crippen molar-refractivity contribution < 1.29 is 4.79 Å². The van der Waals surface area contributed by atoms with E-state index in [9.17, 15) is 4.79 Å². The molecule has 172 valence electrons. The molecular weight excluding hydrogens is 460 g/mol. The SMILES string of the molecule is O=C(CSc1nnc(N2CCCC2)n1-c1ccccc1Cl)N1CCN(c2ncccn2)CC1. The van der Waals surface area contributed by atoms with Gasteiger partial charge in [-0.05, 0) is 31.0 Å². The smallest absolute Gasteiger partial charge is 0.233 e. The number of amides is 1. The summed E-state index contributed by atoms with van der Waals surface area (Å²) >= 11 is 7.92. The Balaban J connectivity index is 1.27. The number of para-hydroxylation sites is 1. The van der Waals surface area contributed by atoms with E-state index in [0.717, 1.165) is 50.7 Å². The van der Waals surface area contributed by atoms with Gasteiger partial charge < -0.3 is 14.7 Å². The van der Waals surface area contributed by atoms with Gasteiger partial charge in [-0.2, -0.15) is 0 Å². The average molecular weight is 485 g/mol. The Morgan fingerprint density at radius 2 is 1.64 bits per heavy atom. The lowest BCUT2D eigenvalue weighted by Crippen LogP contribution is -2.49. The molecule has 0 atom stereocenters. The number of carbonyl (C=O) groups is 1. The molecule has 33 heavy (non-hydrogen) atoms. The Hall–Kier alpha value is -2.85. The lowest BCUT2D eigenvalue weighted by atomic mass is 10.3. The van der Waals surface area contributed by atoms with Crippen LogP contribution in [0.4, 0.5) is 11.9 Å². The van der Waals surface area contributed by atoms with Gasteiger partial charge in [-0.25, -0.2) is 9.97 Å². The molecule has 9 nitrogen and oxygen atoms in total. The van der Waals surface area contributed by atoms with E-state index in [1.165, 1.54) is 11.8 Å². The van der Waals surface area contributed by atoms with Gasteiger partial charge >= 0.3 is 0 Å². The van der Waals surface area contributed by atoms with E-state index in [2.05, 4.69) is 30.0 Å². The van der Waals surface area contributed by atoms with E-state index in [4.69, 9.17) is 11.6 Å². The number of aromatic nitrogens is 5. The number of nitrogens with zero attached hydrogens (tertiary/aromatic N) is 8. The third-order valence-electron chi connectivity index (χ3n) is 5.89. The molecule has 0 unspecified atom stereocenters. The monoisotopic (exact) mass is 484 g/mol.